The van der Waals surface area contributed by atoms with Crippen molar-refractivity contribution in [1.29, 1.82) is 0 Å². The van der Waals surface area contributed by atoms with E-state index in [0.717, 1.165) is 6.42 Å². The van der Waals surface area contributed by atoms with Gasteiger partial charge in [-0.3, -0.25) is 4.79 Å². The van der Waals surface area contributed by atoms with Gasteiger partial charge in [0.1, 0.15) is 0 Å². The average molecular weight is 199 g/mol. The molecule has 5 nitrogen and oxygen atoms in total. The van der Waals surface area contributed by atoms with Crippen LogP contribution in [0.3, 0.4) is 0 Å². The zero-order chi connectivity index (χ0) is 10.3. The summed E-state index contributed by atoms with van der Waals surface area (Å²) in [5.74, 6) is -3.23. The van der Waals surface area contributed by atoms with Crippen LogP contribution in [0, 0.1) is 11.8 Å². The number of carbonyl (C=O) groups is 2. The molecule has 0 saturated carbocycles. The van der Waals surface area contributed by atoms with Crippen LogP contribution in [0.15, 0.2) is 0 Å². The van der Waals surface area contributed by atoms with Gasteiger partial charge in [0.25, 0.3) is 0 Å². The third-order valence-corrected chi connectivity index (χ3v) is 3.02. The molecule has 4 unspecified atom stereocenters. The summed E-state index contributed by atoms with van der Waals surface area (Å²) in [5.41, 5.74) is 0. The number of carbonyl (C=O) groups excluding carboxylic acids is 2. The van der Waals surface area contributed by atoms with Crippen LogP contribution in [-0.4, -0.2) is 31.3 Å². The Balaban J connectivity index is 2.21. The number of aliphatic carboxylic acids is 1. The molecule has 78 valence electrons. The quantitative estimate of drug-likeness (QED) is 0.517. The van der Waals surface area contributed by atoms with Crippen LogP contribution in [0.25, 0.3) is 0 Å². The fraction of sp³-hybridized carbons (Fsp3) is 0.778. The molecule has 0 radical (unpaired) electrons. The Hall–Kier alpha value is -1.10. The maximum absolute atomic E-state index is 11.3. The van der Waals surface area contributed by atoms with E-state index < -0.39 is 23.8 Å². The standard InChI is InChI=1S/C9H12O5/c1-13-9(12)7-5-3-2-4(14-5)6(7)8(10)11/h4-7H,2-3H2,1H3,(H,10,11)/p-1. The van der Waals surface area contributed by atoms with Crippen molar-refractivity contribution in [2.75, 3.05) is 7.11 Å². The molecule has 0 aliphatic carbocycles. The molecule has 0 amide bonds. The zero-order valence-electron chi connectivity index (χ0n) is 7.76. The number of ether oxygens (including phenoxy) is 2. The van der Waals surface area contributed by atoms with Crippen LogP contribution in [0.2, 0.25) is 0 Å². The molecule has 14 heavy (non-hydrogen) atoms. The molecule has 2 rings (SSSR count). The van der Waals surface area contributed by atoms with E-state index >= 15 is 0 Å². The van der Waals surface area contributed by atoms with Gasteiger partial charge in [0.05, 0.1) is 25.2 Å². The highest BCUT2D eigenvalue weighted by molar-refractivity contribution is 5.82. The topological polar surface area (TPSA) is 75.7 Å². The van der Waals surface area contributed by atoms with Crippen LogP contribution in [0.1, 0.15) is 12.8 Å². The molecular weight excluding hydrogens is 188 g/mol. The van der Waals surface area contributed by atoms with E-state index in [0.29, 0.717) is 6.42 Å². The average Bonchev–Trinajstić information content (AvgIpc) is 2.74. The van der Waals surface area contributed by atoms with Gasteiger partial charge in [-0.2, -0.15) is 0 Å². The van der Waals surface area contributed by atoms with E-state index in [9.17, 15) is 14.7 Å². The Morgan fingerprint density at radius 3 is 2.36 bits per heavy atom. The molecule has 4 atom stereocenters. The van der Waals surface area contributed by atoms with Crippen LogP contribution in [0.5, 0.6) is 0 Å². The molecule has 2 bridgehead atoms. The summed E-state index contributed by atoms with van der Waals surface area (Å²) in [4.78, 5) is 22.1. The molecule has 0 aromatic rings. The van der Waals surface area contributed by atoms with Gasteiger partial charge in [-0.15, -0.1) is 0 Å². The van der Waals surface area contributed by atoms with Crippen molar-refractivity contribution in [3.8, 4) is 0 Å². The number of carboxylic acid groups (broad SMARTS) is 1. The molecule has 2 aliphatic heterocycles. The lowest BCUT2D eigenvalue weighted by Gasteiger charge is -2.26. The third-order valence-electron chi connectivity index (χ3n) is 3.02. The molecule has 2 heterocycles. The number of rotatable bonds is 2. The van der Waals surface area contributed by atoms with Gasteiger partial charge >= 0.3 is 5.97 Å². The Kier molecular flexibility index (Phi) is 2.19. The molecule has 0 spiro atoms. The van der Waals surface area contributed by atoms with Crippen LogP contribution >= 0.6 is 0 Å². The van der Waals surface area contributed by atoms with E-state index in [-0.39, 0.29) is 12.2 Å². The van der Waals surface area contributed by atoms with Crippen molar-refractivity contribution in [3.05, 3.63) is 0 Å². The first-order valence-electron chi connectivity index (χ1n) is 4.59. The SMILES string of the molecule is COC(=O)C1C2CCC(O2)C1C(=O)[O-]. The first kappa shape index (κ1) is 9.45. The highest BCUT2D eigenvalue weighted by Gasteiger charge is 2.53. The second kappa shape index (κ2) is 3.24. The number of fused-ring (bicyclic) bond motifs is 2. The lowest BCUT2D eigenvalue weighted by Crippen LogP contribution is -2.45. The van der Waals surface area contributed by atoms with E-state index in [1.165, 1.54) is 7.11 Å². The number of esters is 1. The molecule has 2 aliphatic rings. The van der Waals surface area contributed by atoms with Crippen molar-refractivity contribution in [1.82, 2.24) is 0 Å². The second-order valence-corrected chi connectivity index (χ2v) is 3.68. The van der Waals surface area contributed by atoms with Gasteiger partial charge < -0.3 is 19.4 Å². The number of carboxylic acids is 1. The van der Waals surface area contributed by atoms with Crippen molar-refractivity contribution in [2.24, 2.45) is 11.8 Å². The Bertz CT molecular complexity index is 274. The number of hydrogen-bond donors (Lipinski definition) is 0. The summed E-state index contributed by atoms with van der Waals surface area (Å²) in [6.07, 6.45) is 0.759. The fourth-order valence-electron chi connectivity index (χ4n) is 2.41. The Morgan fingerprint density at radius 1 is 1.29 bits per heavy atom. The normalized spacial score (nSPS) is 39.8. The van der Waals surface area contributed by atoms with E-state index in [1.807, 2.05) is 0 Å². The van der Waals surface area contributed by atoms with E-state index in [4.69, 9.17) is 4.74 Å². The molecular formula is C9H11O5-. The highest BCUT2D eigenvalue weighted by atomic mass is 16.5. The fourth-order valence-corrected chi connectivity index (χ4v) is 2.41. The maximum atomic E-state index is 11.3. The lowest BCUT2D eigenvalue weighted by molar-refractivity contribution is -0.314. The molecule has 2 saturated heterocycles. The second-order valence-electron chi connectivity index (χ2n) is 3.68. The van der Waals surface area contributed by atoms with Gasteiger partial charge in [0.15, 0.2) is 0 Å². The summed E-state index contributed by atoms with van der Waals surface area (Å²) in [5, 5.41) is 10.8. The van der Waals surface area contributed by atoms with Gasteiger partial charge in [0, 0.05) is 11.9 Å². The van der Waals surface area contributed by atoms with Crippen LogP contribution < -0.4 is 5.11 Å². The predicted molar refractivity (Wildman–Crippen MR) is 41.9 cm³/mol. The molecule has 0 aromatic heterocycles. The van der Waals surface area contributed by atoms with Gasteiger partial charge in [-0.1, -0.05) is 0 Å². The first-order chi connectivity index (χ1) is 6.65. The summed E-state index contributed by atoms with van der Waals surface area (Å²) in [6.45, 7) is 0. The van der Waals surface area contributed by atoms with Gasteiger partial charge in [0.2, 0.25) is 0 Å². The molecule has 2 fully saturated rings. The Labute approximate surface area is 81.0 Å². The van der Waals surface area contributed by atoms with E-state index in [2.05, 4.69) is 4.74 Å². The molecule has 0 N–H and O–H groups in total. The predicted octanol–water partition coefficient (Wildman–Crippen LogP) is -1.30. The van der Waals surface area contributed by atoms with Crippen molar-refractivity contribution < 1.29 is 24.2 Å². The van der Waals surface area contributed by atoms with E-state index in [1.54, 1.807) is 0 Å². The largest absolute Gasteiger partial charge is 0.550 e. The van der Waals surface area contributed by atoms with Crippen LogP contribution in [0.4, 0.5) is 0 Å². The minimum atomic E-state index is -1.22. The van der Waals surface area contributed by atoms with Crippen molar-refractivity contribution in [3.63, 3.8) is 0 Å². The maximum Gasteiger partial charge on any atom is 0.312 e. The summed E-state index contributed by atoms with van der Waals surface area (Å²) >= 11 is 0. The monoisotopic (exact) mass is 199 g/mol. The number of methoxy groups -OCH3 is 1. The van der Waals surface area contributed by atoms with Gasteiger partial charge in [-0.25, -0.2) is 0 Å². The highest BCUT2D eigenvalue weighted by Crippen LogP contribution is 2.43. The Morgan fingerprint density at radius 2 is 1.86 bits per heavy atom. The summed E-state index contributed by atoms with van der Waals surface area (Å²) in [7, 11) is 1.25. The molecule has 0 aromatic carbocycles. The third kappa shape index (κ3) is 1.19. The van der Waals surface area contributed by atoms with Gasteiger partial charge in [-0.05, 0) is 12.8 Å². The summed E-state index contributed by atoms with van der Waals surface area (Å²) in [6, 6.07) is 0. The van der Waals surface area contributed by atoms with Crippen LogP contribution in [-0.2, 0) is 19.1 Å². The molecule has 5 heteroatoms. The minimum Gasteiger partial charge on any atom is -0.550 e. The summed E-state index contributed by atoms with van der Waals surface area (Å²) < 4.78 is 9.92. The number of hydrogen-bond acceptors (Lipinski definition) is 5. The van der Waals surface area contributed by atoms with Crippen molar-refractivity contribution in [2.45, 2.75) is 25.0 Å². The zero-order valence-corrected chi connectivity index (χ0v) is 7.76. The minimum absolute atomic E-state index is 0.296. The smallest absolute Gasteiger partial charge is 0.312 e. The van der Waals surface area contributed by atoms with Crippen molar-refractivity contribution >= 4 is 11.9 Å². The lowest BCUT2D eigenvalue weighted by atomic mass is 9.79. The first-order valence-corrected chi connectivity index (χ1v) is 4.59.